The van der Waals surface area contributed by atoms with Gasteiger partial charge in [-0.3, -0.25) is 4.99 Å². The summed E-state index contributed by atoms with van der Waals surface area (Å²) in [5, 5.41) is 9.49. The fourth-order valence-electron chi connectivity index (χ4n) is 3.16. The third-order valence-electron chi connectivity index (χ3n) is 5.16. The number of sulfone groups is 1. The first-order valence-electron chi connectivity index (χ1n) is 10.5. The van der Waals surface area contributed by atoms with Crippen molar-refractivity contribution in [2.45, 2.75) is 78.4 Å². The van der Waals surface area contributed by atoms with Gasteiger partial charge in [0.05, 0.1) is 17.8 Å². The Kier molecular flexibility index (Phi) is 11.4. The molecule has 8 nitrogen and oxygen atoms in total. The third kappa shape index (κ3) is 11.0. The molecule has 0 unspecified atom stereocenters. The van der Waals surface area contributed by atoms with Crippen molar-refractivity contribution in [1.82, 2.24) is 16.0 Å². The van der Waals surface area contributed by atoms with E-state index < -0.39 is 27.1 Å². The Morgan fingerprint density at radius 2 is 1.67 bits per heavy atom. The normalized spacial score (nSPS) is 16.3. The lowest BCUT2D eigenvalue weighted by Gasteiger charge is -2.33. The monoisotopic (exact) mass is 560 g/mol. The highest BCUT2D eigenvalue weighted by molar-refractivity contribution is 14.0. The van der Waals surface area contributed by atoms with Gasteiger partial charge in [-0.15, -0.1) is 24.0 Å². The number of carbonyl (C=O) groups is 1. The molecule has 0 heterocycles. The number of hydrogen-bond donors (Lipinski definition) is 3. The van der Waals surface area contributed by atoms with Gasteiger partial charge in [0.2, 0.25) is 0 Å². The van der Waals surface area contributed by atoms with E-state index in [1.807, 2.05) is 41.5 Å². The molecule has 178 valence electrons. The molecule has 0 aromatic carbocycles. The maximum atomic E-state index is 12.3. The number of nitrogens with one attached hydrogen (secondary N) is 3. The number of amides is 1. The number of carbonyl (C=O) groups excluding carboxylic acids is 1. The molecule has 0 saturated heterocycles. The molecule has 0 radical (unpaired) electrons. The molecule has 1 aliphatic rings. The standard InChI is InChI=1S/C20H40N4O4S.HI/c1-8-20(9-2,24-17(25)28-18(4,5)6)14-23-16(21-10-3)22-13-19(11-12-19)15-29(7,26)27;/h8-15H2,1-7H3,(H,24,25)(H2,21,22,23);1H. The van der Waals surface area contributed by atoms with Gasteiger partial charge < -0.3 is 20.7 Å². The minimum Gasteiger partial charge on any atom is -0.444 e. The number of halogens is 1. The Labute approximate surface area is 199 Å². The summed E-state index contributed by atoms with van der Waals surface area (Å²) in [6.45, 7) is 13.2. The van der Waals surface area contributed by atoms with Crippen LogP contribution in [0.5, 0.6) is 0 Å². The predicted molar refractivity (Wildman–Crippen MR) is 133 cm³/mol. The van der Waals surface area contributed by atoms with Crippen LogP contribution in [0.3, 0.4) is 0 Å². The van der Waals surface area contributed by atoms with Gasteiger partial charge in [-0.05, 0) is 53.4 Å². The van der Waals surface area contributed by atoms with E-state index in [2.05, 4.69) is 20.9 Å². The molecule has 0 aliphatic heterocycles. The second-order valence-electron chi connectivity index (χ2n) is 9.23. The average Bonchev–Trinajstić information content (AvgIpc) is 3.32. The fraction of sp³-hybridized carbons (Fsp3) is 0.900. The van der Waals surface area contributed by atoms with E-state index in [4.69, 9.17) is 4.74 Å². The molecule has 0 bridgehead atoms. The van der Waals surface area contributed by atoms with Gasteiger partial charge in [-0.2, -0.15) is 0 Å². The molecule has 0 aromatic rings. The first-order chi connectivity index (χ1) is 13.3. The van der Waals surface area contributed by atoms with Crippen LogP contribution in [0.1, 0.15) is 67.2 Å². The molecular formula is C20H41IN4O4S. The largest absolute Gasteiger partial charge is 0.444 e. The average molecular weight is 561 g/mol. The Morgan fingerprint density at radius 3 is 2.07 bits per heavy atom. The molecule has 1 fully saturated rings. The van der Waals surface area contributed by atoms with Crippen molar-refractivity contribution < 1.29 is 17.9 Å². The zero-order valence-electron chi connectivity index (χ0n) is 19.6. The van der Waals surface area contributed by atoms with Crippen molar-refractivity contribution in [2.24, 2.45) is 10.4 Å². The number of alkyl carbamates (subject to hydrolysis) is 1. The molecule has 1 saturated carbocycles. The lowest BCUT2D eigenvalue weighted by molar-refractivity contribution is 0.0452. The van der Waals surface area contributed by atoms with Gasteiger partial charge in [0, 0.05) is 24.8 Å². The molecule has 1 aliphatic carbocycles. The van der Waals surface area contributed by atoms with E-state index in [9.17, 15) is 13.2 Å². The molecule has 3 N–H and O–H groups in total. The molecular weight excluding hydrogens is 519 g/mol. The van der Waals surface area contributed by atoms with E-state index in [1.54, 1.807) is 0 Å². The zero-order chi connectivity index (χ0) is 22.3. The summed E-state index contributed by atoms with van der Waals surface area (Å²) in [6, 6.07) is 0. The van der Waals surface area contributed by atoms with Gasteiger partial charge in [-0.1, -0.05) is 13.8 Å². The third-order valence-corrected chi connectivity index (χ3v) is 6.30. The van der Waals surface area contributed by atoms with E-state index in [0.29, 0.717) is 38.4 Å². The predicted octanol–water partition coefficient (Wildman–Crippen LogP) is 3.07. The van der Waals surface area contributed by atoms with Crippen molar-refractivity contribution in [3.8, 4) is 0 Å². The number of hydrogen-bond acceptors (Lipinski definition) is 5. The van der Waals surface area contributed by atoms with E-state index in [0.717, 1.165) is 12.8 Å². The summed E-state index contributed by atoms with van der Waals surface area (Å²) < 4.78 is 28.7. The van der Waals surface area contributed by atoms with Crippen LogP contribution in [0, 0.1) is 5.41 Å². The van der Waals surface area contributed by atoms with Crippen LogP contribution in [0.15, 0.2) is 4.99 Å². The van der Waals surface area contributed by atoms with Crippen molar-refractivity contribution in [1.29, 1.82) is 0 Å². The van der Waals surface area contributed by atoms with Gasteiger partial charge in [0.25, 0.3) is 0 Å². The summed E-state index contributed by atoms with van der Waals surface area (Å²) in [4.78, 5) is 17.0. The first kappa shape index (κ1) is 29.2. The Bertz CT molecular complexity index is 681. The number of ether oxygens (including phenoxy) is 1. The number of aliphatic imine (C=N–C) groups is 1. The van der Waals surface area contributed by atoms with Gasteiger partial charge in [0.1, 0.15) is 15.4 Å². The maximum Gasteiger partial charge on any atom is 0.408 e. The van der Waals surface area contributed by atoms with Crippen molar-refractivity contribution in [3.05, 3.63) is 0 Å². The highest BCUT2D eigenvalue weighted by atomic mass is 127. The summed E-state index contributed by atoms with van der Waals surface area (Å²) in [5.74, 6) is 0.824. The minimum absolute atomic E-state index is 0. The van der Waals surface area contributed by atoms with Gasteiger partial charge >= 0.3 is 6.09 Å². The highest BCUT2D eigenvalue weighted by Crippen LogP contribution is 2.46. The molecule has 10 heteroatoms. The lowest BCUT2D eigenvalue weighted by atomic mass is 9.93. The van der Waals surface area contributed by atoms with Crippen molar-refractivity contribution in [3.63, 3.8) is 0 Å². The first-order valence-corrected chi connectivity index (χ1v) is 12.5. The minimum atomic E-state index is -3.01. The SMILES string of the molecule is CCNC(=NCC(CC)(CC)NC(=O)OC(C)(C)C)NCC1(CS(C)(=O)=O)CC1.I. The van der Waals surface area contributed by atoms with Crippen LogP contribution in [-0.2, 0) is 14.6 Å². The van der Waals surface area contributed by atoms with E-state index >= 15 is 0 Å². The second-order valence-corrected chi connectivity index (χ2v) is 11.4. The smallest absolute Gasteiger partial charge is 0.408 e. The number of rotatable bonds is 10. The quantitative estimate of drug-likeness (QED) is 0.215. The highest BCUT2D eigenvalue weighted by Gasteiger charge is 2.45. The molecule has 0 atom stereocenters. The molecule has 30 heavy (non-hydrogen) atoms. The van der Waals surface area contributed by atoms with Crippen LogP contribution in [0.4, 0.5) is 4.79 Å². The number of nitrogens with zero attached hydrogens (tertiary/aromatic N) is 1. The van der Waals surface area contributed by atoms with E-state index in [1.165, 1.54) is 6.26 Å². The van der Waals surface area contributed by atoms with Gasteiger partial charge in [-0.25, -0.2) is 13.2 Å². The topological polar surface area (TPSA) is 109 Å². The molecule has 0 spiro atoms. The molecule has 1 rings (SSSR count). The summed E-state index contributed by atoms with van der Waals surface area (Å²) in [5.41, 5.74) is -1.25. The van der Waals surface area contributed by atoms with Crippen LogP contribution in [-0.4, -0.2) is 63.3 Å². The lowest BCUT2D eigenvalue weighted by Crippen LogP contribution is -2.52. The summed E-state index contributed by atoms with van der Waals surface area (Å²) >= 11 is 0. The summed E-state index contributed by atoms with van der Waals surface area (Å²) in [7, 11) is -3.01. The van der Waals surface area contributed by atoms with E-state index in [-0.39, 0.29) is 35.1 Å². The Morgan fingerprint density at radius 1 is 1.10 bits per heavy atom. The van der Waals surface area contributed by atoms with Gasteiger partial charge in [0.15, 0.2) is 5.96 Å². The zero-order valence-corrected chi connectivity index (χ0v) is 22.7. The van der Waals surface area contributed by atoms with Crippen LogP contribution < -0.4 is 16.0 Å². The number of guanidine groups is 1. The Balaban J connectivity index is 0.00000841. The second kappa shape index (κ2) is 11.7. The van der Waals surface area contributed by atoms with Crippen molar-refractivity contribution in [2.75, 3.05) is 31.6 Å². The molecule has 1 amide bonds. The van der Waals surface area contributed by atoms with Crippen molar-refractivity contribution >= 4 is 45.9 Å². The van der Waals surface area contributed by atoms with Crippen LogP contribution >= 0.6 is 24.0 Å². The fourth-order valence-corrected chi connectivity index (χ4v) is 4.66. The Hall–Kier alpha value is -0.780. The summed E-state index contributed by atoms with van der Waals surface area (Å²) in [6.07, 6.45) is 4.07. The molecule has 0 aromatic heterocycles. The van der Waals surface area contributed by atoms with Crippen LogP contribution in [0.25, 0.3) is 0 Å². The maximum absolute atomic E-state index is 12.3. The van der Waals surface area contributed by atoms with Crippen LogP contribution in [0.2, 0.25) is 0 Å².